The summed E-state index contributed by atoms with van der Waals surface area (Å²) in [5.74, 6) is -1.96. The molecule has 0 radical (unpaired) electrons. The Hall–Kier alpha value is -1.36. The Bertz CT molecular complexity index is 305. The highest BCUT2D eigenvalue weighted by molar-refractivity contribution is 5.88. The van der Waals surface area contributed by atoms with Crippen molar-refractivity contribution in [3.63, 3.8) is 0 Å². The van der Waals surface area contributed by atoms with Crippen molar-refractivity contribution < 1.29 is 19.8 Å². The number of allylic oxidation sites excluding steroid dienone is 1. The molecule has 90 valence electrons. The molecule has 0 unspecified atom stereocenters. The second kappa shape index (κ2) is 5.65. The van der Waals surface area contributed by atoms with Gasteiger partial charge in [-0.2, -0.15) is 0 Å². The van der Waals surface area contributed by atoms with E-state index in [1.165, 1.54) is 0 Å². The van der Waals surface area contributed by atoms with Crippen molar-refractivity contribution in [3.05, 3.63) is 11.6 Å². The molecule has 1 aliphatic carbocycles. The first-order chi connectivity index (χ1) is 7.50. The van der Waals surface area contributed by atoms with E-state index in [1.807, 2.05) is 0 Å². The minimum absolute atomic E-state index is 0.110. The number of hydrogen-bond acceptors (Lipinski definition) is 3. The van der Waals surface area contributed by atoms with Crippen LogP contribution in [0.1, 0.15) is 32.1 Å². The lowest BCUT2D eigenvalue weighted by Gasteiger charge is -2.09. The van der Waals surface area contributed by atoms with Crippen molar-refractivity contribution in [1.29, 1.82) is 0 Å². The van der Waals surface area contributed by atoms with Gasteiger partial charge in [-0.3, -0.25) is 4.79 Å². The number of carbonyl (C=O) groups is 2. The minimum Gasteiger partial charge on any atom is -0.480 e. The van der Waals surface area contributed by atoms with Crippen molar-refractivity contribution in [2.75, 3.05) is 0 Å². The maximum Gasteiger partial charge on any atom is 0.331 e. The Labute approximate surface area is 93.9 Å². The number of carboxylic acids is 2. The number of hydrogen-bond donors (Lipinski definition) is 3. The fraction of sp³-hybridized carbons (Fsp3) is 0.636. The average molecular weight is 227 g/mol. The van der Waals surface area contributed by atoms with Gasteiger partial charge >= 0.3 is 11.9 Å². The molecule has 0 saturated heterocycles. The Morgan fingerprint density at radius 2 is 1.88 bits per heavy atom. The van der Waals surface area contributed by atoms with E-state index in [1.54, 1.807) is 6.08 Å². The number of nitrogens with two attached hydrogens (primary N) is 1. The van der Waals surface area contributed by atoms with Crippen molar-refractivity contribution >= 4 is 11.9 Å². The largest absolute Gasteiger partial charge is 0.480 e. The highest BCUT2D eigenvalue weighted by atomic mass is 16.4. The van der Waals surface area contributed by atoms with Gasteiger partial charge in [-0.1, -0.05) is 18.9 Å². The van der Waals surface area contributed by atoms with Crippen LogP contribution < -0.4 is 5.73 Å². The molecule has 4 N–H and O–H groups in total. The fourth-order valence-corrected chi connectivity index (χ4v) is 1.96. The van der Waals surface area contributed by atoms with Crippen LogP contribution in [0.4, 0.5) is 0 Å². The van der Waals surface area contributed by atoms with Crippen LogP contribution in [0.25, 0.3) is 0 Å². The normalized spacial score (nSPS) is 19.7. The summed E-state index contributed by atoms with van der Waals surface area (Å²) in [4.78, 5) is 21.5. The van der Waals surface area contributed by atoms with Crippen molar-refractivity contribution in [2.45, 2.75) is 38.1 Å². The molecule has 0 bridgehead atoms. The second-order valence-electron chi connectivity index (χ2n) is 4.19. The number of carboxylic acid groups (broad SMARTS) is 2. The summed E-state index contributed by atoms with van der Waals surface area (Å²) in [6, 6.07) is -1.14. The molecular formula is C11H17NO4. The second-order valence-corrected chi connectivity index (χ2v) is 4.19. The number of aliphatic carboxylic acids is 2. The van der Waals surface area contributed by atoms with E-state index in [2.05, 4.69) is 0 Å². The van der Waals surface area contributed by atoms with Gasteiger partial charge in [0.05, 0.1) is 0 Å². The maximum absolute atomic E-state index is 10.9. The zero-order valence-electron chi connectivity index (χ0n) is 9.06. The molecule has 0 amide bonds. The van der Waals surface area contributed by atoms with E-state index >= 15 is 0 Å². The van der Waals surface area contributed by atoms with E-state index in [0.717, 1.165) is 25.7 Å². The lowest BCUT2D eigenvalue weighted by Crippen LogP contribution is -2.31. The molecule has 1 saturated carbocycles. The van der Waals surface area contributed by atoms with E-state index < -0.39 is 18.0 Å². The van der Waals surface area contributed by atoms with Crippen molar-refractivity contribution in [1.82, 2.24) is 0 Å². The molecule has 0 aromatic carbocycles. The van der Waals surface area contributed by atoms with Gasteiger partial charge < -0.3 is 15.9 Å². The van der Waals surface area contributed by atoms with Crippen LogP contribution in [-0.2, 0) is 9.59 Å². The molecule has 0 aromatic heterocycles. The predicted octanol–water partition coefficient (Wildman–Crippen LogP) is 0.990. The van der Waals surface area contributed by atoms with Gasteiger partial charge in [0.2, 0.25) is 0 Å². The summed E-state index contributed by atoms with van der Waals surface area (Å²) in [5, 5.41) is 17.6. The highest BCUT2D eigenvalue weighted by Gasteiger charge is 2.20. The van der Waals surface area contributed by atoms with Crippen LogP contribution in [0.15, 0.2) is 11.6 Å². The maximum atomic E-state index is 10.9. The van der Waals surface area contributed by atoms with E-state index in [-0.39, 0.29) is 17.9 Å². The summed E-state index contributed by atoms with van der Waals surface area (Å²) < 4.78 is 0. The number of rotatable bonds is 5. The molecule has 0 aromatic rings. The van der Waals surface area contributed by atoms with Crippen molar-refractivity contribution in [2.24, 2.45) is 11.7 Å². The molecular weight excluding hydrogens is 210 g/mol. The van der Waals surface area contributed by atoms with Gasteiger partial charge in [0.15, 0.2) is 0 Å². The van der Waals surface area contributed by atoms with Gasteiger partial charge in [-0.05, 0) is 18.8 Å². The molecule has 16 heavy (non-hydrogen) atoms. The molecule has 5 nitrogen and oxygen atoms in total. The summed E-state index contributed by atoms with van der Waals surface area (Å²) in [7, 11) is 0. The van der Waals surface area contributed by atoms with Gasteiger partial charge in [-0.15, -0.1) is 0 Å². The van der Waals surface area contributed by atoms with Gasteiger partial charge in [0, 0.05) is 12.0 Å². The molecule has 5 heteroatoms. The van der Waals surface area contributed by atoms with Crippen LogP contribution in [0.3, 0.4) is 0 Å². The third kappa shape index (κ3) is 3.66. The van der Waals surface area contributed by atoms with Crippen LogP contribution >= 0.6 is 0 Å². The zero-order valence-corrected chi connectivity index (χ0v) is 9.06. The first-order valence-corrected chi connectivity index (χ1v) is 5.43. The quantitative estimate of drug-likeness (QED) is 0.608. The summed E-state index contributed by atoms with van der Waals surface area (Å²) in [5.41, 5.74) is 5.45. The predicted molar refractivity (Wildman–Crippen MR) is 57.9 cm³/mol. The lowest BCUT2D eigenvalue weighted by molar-refractivity contribution is -0.138. The first kappa shape index (κ1) is 12.7. The zero-order chi connectivity index (χ0) is 12.1. The molecule has 1 rings (SSSR count). The van der Waals surface area contributed by atoms with Gasteiger partial charge in [0.25, 0.3) is 0 Å². The van der Waals surface area contributed by atoms with Gasteiger partial charge in [0.1, 0.15) is 6.04 Å². The Morgan fingerprint density at radius 3 is 2.31 bits per heavy atom. The first-order valence-electron chi connectivity index (χ1n) is 5.43. The summed E-state index contributed by atoms with van der Waals surface area (Å²) in [6.07, 6.45) is 5.76. The Morgan fingerprint density at radius 1 is 1.31 bits per heavy atom. The Kier molecular flexibility index (Phi) is 4.49. The van der Waals surface area contributed by atoms with E-state index in [4.69, 9.17) is 15.9 Å². The fourth-order valence-electron chi connectivity index (χ4n) is 1.96. The lowest BCUT2D eigenvalue weighted by atomic mass is 9.99. The van der Waals surface area contributed by atoms with Crippen LogP contribution in [0.2, 0.25) is 0 Å². The molecule has 1 atom stereocenters. The average Bonchev–Trinajstić information content (AvgIpc) is 2.68. The topological polar surface area (TPSA) is 101 Å². The SMILES string of the molecule is N[C@@H](CC(=CC1CCCC1)C(=O)O)C(=O)O. The third-order valence-corrected chi connectivity index (χ3v) is 2.87. The van der Waals surface area contributed by atoms with Crippen LogP contribution in [0.5, 0.6) is 0 Å². The van der Waals surface area contributed by atoms with E-state index in [9.17, 15) is 9.59 Å². The monoisotopic (exact) mass is 227 g/mol. The molecule has 0 aliphatic heterocycles. The summed E-state index contributed by atoms with van der Waals surface area (Å²) in [6.45, 7) is 0. The van der Waals surface area contributed by atoms with Crippen molar-refractivity contribution in [3.8, 4) is 0 Å². The molecule has 1 aliphatic rings. The Balaban J connectivity index is 2.66. The van der Waals surface area contributed by atoms with Gasteiger partial charge in [-0.25, -0.2) is 4.79 Å². The minimum atomic E-state index is -1.17. The van der Waals surface area contributed by atoms with Crippen LogP contribution in [0, 0.1) is 5.92 Å². The van der Waals surface area contributed by atoms with Crippen LogP contribution in [-0.4, -0.2) is 28.2 Å². The molecule has 0 heterocycles. The molecule has 1 fully saturated rings. The standard InChI is InChI=1S/C11H17NO4/c12-9(11(15)16)6-8(10(13)14)5-7-3-1-2-4-7/h5,7,9H,1-4,6,12H2,(H,13,14)(H,15,16)/t9-/m0/s1. The summed E-state index contributed by atoms with van der Waals surface area (Å²) >= 11 is 0. The molecule has 0 spiro atoms. The third-order valence-electron chi connectivity index (χ3n) is 2.87. The highest BCUT2D eigenvalue weighted by Crippen LogP contribution is 2.27. The smallest absolute Gasteiger partial charge is 0.331 e. The van der Waals surface area contributed by atoms with E-state index in [0.29, 0.717) is 0 Å².